The number of nitrogens with one attached hydrogen (secondary N) is 3. The molecular weight excluding hydrogens is 757 g/mol. The Kier molecular flexibility index (Phi) is 13.3. The van der Waals surface area contributed by atoms with E-state index in [0.29, 0.717) is 16.5 Å². The summed E-state index contributed by atoms with van der Waals surface area (Å²) in [6.07, 6.45) is 0.473. The van der Waals surface area contributed by atoms with Gasteiger partial charge in [-0.3, -0.25) is 23.7 Å². The van der Waals surface area contributed by atoms with Gasteiger partial charge in [0.2, 0.25) is 23.6 Å². The summed E-state index contributed by atoms with van der Waals surface area (Å²) in [5.41, 5.74) is 14.5. The molecule has 12 heteroatoms. The molecule has 6 rings (SSSR count). The van der Waals surface area contributed by atoms with Crippen LogP contribution in [0, 0.1) is 0 Å². The van der Waals surface area contributed by atoms with Crippen LogP contribution in [-0.2, 0) is 42.3 Å². The van der Waals surface area contributed by atoms with Gasteiger partial charge in [-0.05, 0) is 54.7 Å². The highest BCUT2D eigenvalue weighted by atomic mass is 16.6. The first-order valence-electron chi connectivity index (χ1n) is 19.7. The number of hydrogen-bond acceptors (Lipinski definition) is 7. The largest absolute Gasteiger partial charge is 0.443 e. The Morgan fingerprint density at radius 1 is 0.633 bits per heavy atom. The van der Waals surface area contributed by atoms with E-state index in [9.17, 15) is 24.0 Å². The molecule has 0 aliphatic carbocycles. The molecule has 6 aromatic rings. The van der Waals surface area contributed by atoms with Crippen molar-refractivity contribution in [1.82, 2.24) is 20.5 Å². The number of fused-ring (bicyclic) bond motifs is 1. The van der Waals surface area contributed by atoms with Gasteiger partial charge in [-0.15, -0.1) is 0 Å². The van der Waals surface area contributed by atoms with Gasteiger partial charge >= 0.3 is 6.09 Å². The second-order valence-electron chi connectivity index (χ2n) is 15.6. The van der Waals surface area contributed by atoms with Crippen molar-refractivity contribution < 1.29 is 28.7 Å². The fourth-order valence-electron chi connectivity index (χ4n) is 7.26. The fourth-order valence-corrected chi connectivity index (χ4v) is 7.26. The third-order valence-corrected chi connectivity index (χ3v) is 10.1. The predicted octanol–water partition coefficient (Wildman–Crippen LogP) is 5.49. The maximum Gasteiger partial charge on any atom is 0.419 e. The molecule has 0 aliphatic rings. The number of para-hydroxylation sites is 1. The lowest BCUT2D eigenvalue weighted by atomic mass is 9.77. The highest BCUT2D eigenvalue weighted by molar-refractivity contribution is 5.96. The summed E-state index contributed by atoms with van der Waals surface area (Å²) in [4.78, 5) is 68.4. The van der Waals surface area contributed by atoms with E-state index >= 15 is 0 Å². The number of nitrogens with two attached hydrogens (primary N) is 2. The van der Waals surface area contributed by atoms with E-state index in [4.69, 9.17) is 16.2 Å². The Bertz CT molecular complexity index is 2330. The molecular formula is C48H50N6O6. The average molecular weight is 807 g/mol. The molecule has 0 radical (unpaired) electrons. The van der Waals surface area contributed by atoms with Crippen LogP contribution in [0.1, 0.15) is 55.0 Å². The number of aromatic nitrogens is 1. The zero-order valence-corrected chi connectivity index (χ0v) is 33.8. The Balaban J connectivity index is 1.29. The quantitative estimate of drug-likeness (QED) is 0.0849. The first kappa shape index (κ1) is 42.6. The smallest absolute Gasteiger partial charge is 0.419 e. The van der Waals surface area contributed by atoms with Crippen LogP contribution in [0.3, 0.4) is 0 Å². The summed E-state index contributed by atoms with van der Waals surface area (Å²) in [6.45, 7) is 5.27. The van der Waals surface area contributed by atoms with Gasteiger partial charge in [0.15, 0.2) is 0 Å². The third kappa shape index (κ3) is 10.1. The van der Waals surface area contributed by atoms with Crippen molar-refractivity contribution in [3.63, 3.8) is 0 Å². The van der Waals surface area contributed by atoms with Crippen LogP contribution in [0.4, 0.5) is 4.79 Å². The minimum Gasteiger partial charge on any atom is -0.443 e. The normalized spacial score (nSPS) is 13.1. The summed E-state index contributed by atoms with van der Waals surface area (Å²) in [5.74, 6) is -2.80. The summed E-state index contributed by atoms with van der Waals surface area (Å²) in [6, 6.07) is 40.8. The van der Waals surface area contributed by atoms with E-state index < -0.39 is 65.4 Å². The predicted molar refractivity (Wildman–Crippen MR) is 230 cm³/mol. The second kappa shape index (κ2) is 18.7. The van der Waals surface area contributed by atoms with E-state index in [2.05, 4.69) is 16.0 Å². The minimum atomic E-state index is -1.40. The molecule has 3 atom stereocenters. The van der Waals surface area contributed by atoms with Gasteiger partial charge in [0, 0.05) is 24.4 Å². The molecule has 7 N–H and O–H groups in total. The van der Waals surface area contributed by atoms with Crippen molar-refractivity contribution in [2.24, 2.45) is 11.5 Å². The Hall–Kier alpha value is -7.05. The highest BCUT2D eigenvalue weighted by Gasteiger charge is 2.39. The van der Waals surface area contributed by atoms with Crippen LogP contribution < -0.4 is 27.4 Å². The molecule has 0 saturated heterocycles. The summed E-state index contributed by atoms with van der Waals surface area (Å²) in [5, 5.41) is 9.31. The van der Waals surface area contributed by atoms with Crippen molar-refractivity contribution in [3.8, 4) is 0 Å². The first-order chi connectivity index (χ1) is 28.7. The zero-order valence-electron chi connectivity index (χ0n) is 33.8. The molecule has 1 heterocycles. The highest BCUT2D eigenvalue weighted by Crippen LogP contribution is 2.37. The number of ether oxygens (including phenoxy) is 1. The Morgan fingerprint density at radius 3 is 1.63 bits per heavy atom. The molecule has 1 aromatic heterocycles. The molecule has 60 heavy (non-hydrogen) atoms. The number of carbonyl (C=O) groups is 5. The van der Waals surface area contributed by atoms with Gasteiger partial charge in [0.1, 0.15) is 23.2 Å². The molecule has 0 aliphatic heterocycles. The van der Waals surface area contributed by atoms with E-state index in [1.165, 1.54) is 4.57 Å². The molecule has 0 unspecified atom stereocenters. The van der Waals surface area contributed by atoms with Gasteiger partial charge in [-0.1, -0.05) is 140 Å². The van der Waals surface area contributed by atoms with Gasteiger partial charge < -0.3 is 32.2 Å². The number of amides is 4. The van der Waals surface area contributed by atoms with Gasteiger partial charge in [-0.25, -0.2) is 4.79 Å². The van der Waals surface area contributed by atoms with Crippen molar-refractivity contribution in [2.75, 3.05) is 0 Å². The second-order valence-corrected chi connectivity index (χ2v) is 15.6. The van der Waals surface area contributed by atoms with Crippen molar-refractivity contribution in [1.29, 1.82) is 0 Å². The Morgan fingerprint density at radius 2 is 1.12 bits per heavy atom. The molecule has 4 amide bonds. The zero-order chi connectivity index (χ0) is 42.9. The molecule has 308 valence electrons. The van der Waals surface area contributed by atoms with Gasteiger partial charge in [0.25, 0.3) is 0 Å². The fraction of sp³-hybridized carbons (Fsp3) is 0.229. The maximum atomic E-state index is 14.2. The maximum absolute atomic E-state index is 14.2. The van der Waals surface area contributed by atoms with Crippen LogP contribution in [0.2, 0.25) is 0 Å². The average Bonchev–Trinajstić information content (AvgIpc) is 3.61. The topological polar surface area (TPSA) is 188 Å². The minimum absolute atomic E-state index is 0.103. The molecule has 0 bridgehead atoms. The lowest BCUT2D eigenvalue weighted by molar-refractivity contribution is -0.132. The monoisotopic (exact) mass is 806 g/mol. The molecule has 5 aromatic carbocycles. The van der Waals surface area contributed by atoms with E-state index in [1.54, 1.807) is 75.5 Å². The van der Waals surface area contributed by atoms with E-state index in [0.717, 1.165) is 22.3 Å². The van der Waals surface area contributed by atoms with Crippen LogP contribution in [0.25, 0.3) is 10.9 Å². The number of nitrogens with zero attached hydrogens (tertiary/aromatic N) is 1. The van der Waals surface area contributed by atoms with Crippen LogP contribution in [-0.4, -0.2) is 58.0 Å². The Labute approximate surface area is 349 Å². The van der Waals surface area contributed by atoms with Crippen molar-refractivity contribution >= 4 is 40.6 Å². The lowest BCUT2D eigenvalue weighted by Gasteiger charge is -2.37. The lowest BCUT2D eigenvalue weighted by Crippen LogP contribution is -2.57. The summed E-state index contributed by atoms with van der Waals surface area (Å²) < 4.78 is 7.00. The summed E-state index contributed by atoms with van der Waals surface area (Å²) in [7, 11) is 0. The number of rotatable bonds is 15. The number of carbonyl (C=O) groups excluding carboxylic acids is 5. The van der Waals surface area contributed by atoms with Crippen LogP contribution >= 0.6 is 0 Å². The van der Waals surface area contributed by atoms with Crippen molar-refractivity contribution in [2.45, 2.75) is 69.3 Å². The number of primary amides is 1. The van der Waals surface area contributed by atoms with Crippen LogP contribution in [0.15, 0.2) is 152 Å². The SMILES string of the molecule is CC(C)(C)OC(=O)n1cc(C[C@H](NC(=O)[C@@H](N)CC(=O)NC(c2ccccc2)(c2ccccc2)c2ccccc2)C(=O)N[C@@H](Cc2ccccc2)C(N)=O)c2ccccc21. The van der Waals surface area contributed by atoms with Crippen molar-refractivity contribution in [3.05, 3.63) is 180 Å². The molecule has 0 saturated carbocycles. The molecule has 12 nitrogen and oxygen atoms in total. The van der Waals surface area contributed by atoms with Gasteiger partial charge in [-0.2, -0.15) is 0 Å². The van der Waals surface area contributed by atoms with Gasteiger partial charge in [0.05, 0.1) is 18.0 Å². The molecule has 0 spiro atoms. The van der Waals surface area contributed by atoms with E-state index in [1.807, 2.05) is 97.1 Å². The standard InChI is InChI=1S/C48H50N6O6/c1-47(2,3)60-46(59)54-31-33(37-26-16-17-27-41(37)54)29-40(45(58)51-39(43(50)56)28-32-18-8-4-9-19-32)52-44(57)38(49)30-42(55)53-48(34-20-10-5-11-21-34,35-22-12-6-13-23-35)36-24-14-7-15-25-36/h4-27,31,38-40H,28-30,49H2,1-3H3,(H2,50,56)(H,51,58)(H,52,57)(H,53,55)/t38-,39-,40-/m0/s1. The molecule has 0 fully saturated rings. The number of benzene rings is 5. The van der Waals surface area contributed by atoms with E-state index in [-0.39, 0.29) is 12.8 Å². The first-order valence-corrected chi connectivity index (χ1v) is 19.7. The summed E-state index contributed by atoms with van der Waals surface area (Å²) >= 11 is 0. The number of hydrogen-bond donors (Lipinski definition) is 5. The van der Waals surface area contributed by atoms with Crippen LogP contribution in [0.5, 0.6) is 0 Å². The third-order valence-electron chi connectivity index (χ3n) is 10.1.